The first-order chi connectivity index (χ1) is 12.6. The average molecular weight is 366 g/mol. The number of carbonyl (C=O) groups is 2. The summed E-state index contributed by atoms with van der Waals surface area (Å²) in [5.74, 6) is -0.472. The second kappa shape index (κ2) is 6.88. The van der Waals surface area contributed by atoms with E-state index in [9.17, 15) is 9.59 Å². The van der Waals surface area contributed by atoms with Crippen LogP contribution < -0.4 is 5.73 Å². The van der Waals surface area contributed by atoms with Gasteiger partial charge in [-0.25, -0.2) is 4.79 Å². The molecule has 0 aliphatic carbocycles. The number of fused-ring (bicyclic) bond motifs is 1. The number of nitrogen functional groups attached to an aromatic ring is 1. The minimum atomic E-state index is -0.448. The molecule has 0 spiro atoms. The minimum Gasteiger partial charge on any atom is -0.456 e. The van der Waals surface area contributed by atoms with E-state index in [4.69, 9.17) is 10.5 Å². The second-order valence-electron chi connectivity index (χ2n) is 6.33. The second-order valence-corrected chi connectivity index (χ2v) is 7.50. The van der Waals surface area contributed by atoms with Crippen LogP contribution in [0.5, 0.6) is 0 Å². The summed E-state index contributed by atoms with van der Waals surface area (Å²) >= 11 is 1.48. The molecule has 1 fully saturated rings. The van der Waals surface area contributed by atoms with Gasteiger partial charge in [-0.2, -0.15) is 0 Å². The molecule has 6 heteroatoms. The molecule has 2 aliphatic rings. The fourth-order valence-corrected chi connectivity index (χ4v) is 4.39. The molecule has 0 saturated carbocycles. The molecule has 2 aromatic carbocycles. The zero-order valence-electron chi connectivity index (χ0n) is 14.1. The Labute approximate surface area is 155 Å². The Bertz CT molecular complexity index is 895. The Morgan fingerprint density at radius 3 is 2.69 bits per heavy atom. The van der Waals surface area contributed by atoms with Crippen LogP contribution in [0.4, 0.5) is 5.69 Å². The standard InChI is InChI=1S/C20H18N2O3S/c21-14-7-4-8-16(9-14)26-17-10-15-11-18(23)22(15)19(17)20(24)25-12-13-5-2-1-3-6-13/h1-9,15H,10-12,21H2. The van der Waals surface area contributed by atoms with Crippen molar-refractivity contribution in [1.29, 1.82) is 0 Å². The van der Waals surface area contributed by atoms with Crippen molar-refractivity contribution in [3.05, 3.63) is 70.8 Å². The van der Waals surface area contributed by atoms with Gasteiger partial charge in [-0.15, -0.1) is 0 Å². The highest BCUT2D eigenvalue weighted by Crippen LogP contribution is 2.45. The van der Waals surface area contributed by atoms with Crippen LogP contribution in [-0.4, -0.2) is 22.8 Å². The predicted molar refractivity (Wildman–Crippen MR) is 99.8 cm³/mol. The number of anilines is 1. The number of nitrogens with two attached hydrogens (primary N) is 1. The summed E-state index contributed by atoms with van der Waals surface area (Å²) in [4.78, 5) is 28.1. The van der Waals surface area contributed by atoms with E-state index in [1.165, 1.54) is 11.8 Å². The zero-order chi connectivity index (χ0) is 18.1. The van der Waals surface area contributed by atoms with Gasteiger partial charge < -0.3 is 15.4 Å². The lowest BCUT2D eigenvalue weighted by atomic mass is 10.0. The van der Waals surface area contributed by atoms with Crippen LogP contribution in [0.25, 0.3) is 0 Å². The maximum atomic E-state index is 12.7. The number of ether oxygens (including phenoxy) is 1. The molecule has 2 aromatic rings. The molecule has 0 aromatic heterocycles. The van der Waals surface area contributed by atoms with Crippen molar-refractivity contribution < 1.29 is 14.3 Å². The number of nitrogens with zero attached hydrogens (tertiary/aromatic N) is 1. The Kier molecular flexibility index (Phi) is 4.42. The maximum Gasteiger partial charge on any atom is 0.356 e. The SMILES string of the molecule is Nc1cccc(SC2=C(C(=O)OCc3ccccc3)N3C(=O)CC3C2)c1. The van der Waals surface area contributed by atoms with E-state index in [0.717, 1.165) is 15.4 Å². The van der Waals surface area contributed by atoms with E-state index >= 15 is 0 Å². The van der Waals surface area contributed by atoms with Crippen molar-refractivity contribution >= 4 is 29.3 Å². The fraction of sp³-hybridized carbons (Fsp3) is 0.200. The number of benzene rings is 2. The number of esters is 1. The summed E-state index contributed by atoms with van der Waals surface area (Å²) < 4.78 is 5.48. The summed E-state index contributed by atoms with van der Waals surface area (Å²) in [6, 6.07) is 17.1. The summed E-state index contributed by atoms with van der Waals surface area (Å²) in [6.07, 6.45) is 1.16. The molecule has 5 nitrogen and oxygen atoms in total. The van der Waals surface area contributed by atoms with E-state index in [0.29, 0.717) is 24.2 Å². The van der Waals surface area contributed by atoms with Gasteiger partial charge in [-0.3, -0.25) is 4.79 Å². The molecule has 1 unspecified atom stereocenters. The highest BCUT2D eigenvalue weighted by Gasteiger charge is 2.48. The van der Waals surface area contributed by atoms with E-state index in [-0.39, 0.29) is 18.6 Å². The molecule has 2 heterocycles. The smallest absolute Gasteiger partial charge is 0.356 e. The van der Waals surface area contributed by atoms with Gasteiger partial charge in [0.05, 0.1) is 6.04 Å². The van der Waals surface area contributed by atoms with E-state index in [2.05, 4.69) is 0 Å². The third-order valence-corrected chi connectivity index (χ3v) is 5.57. The average Bonchev–Trinajstić information content (AvgIpc) is 2.92. The minimum absolute atomic E-state index is 0.0233. The maximum absolute atomic E-state index is 12.7. The molecule has 1 saturated heterocycles. The Balaban J connectivity index is 1.56. The number of thioether (sulfide) groups is 1. The summed E-state index contributed by atoms with van der Waals surface area (Å²) in [5.41, 5.74) is 7.81. The first kappa shape index (κ1) is 16.7. The number of carbonyl (C=O) groups excluding carboxylic acids is 2. The summed E-state index contributed by atoms with van der Waals surface area (Å²) in [7, 11) is 0. The Morgan fingerprint density at radius 1 is 1.15 bits per heavy atom. The number of amides is 1. The predicted octanol–water partition coefficient (Wildman–Crippen LogP) is 3.32. The Morgan fingerprint density at radius 2 is 1.96 bits per heavy atom. The van der Waals surface area contributed by atoms with Gasteiger partial charge in [0.1, 0.15) is 12.3 Å². The zero-order valence-corrected chi connectivity index (χ0v) is 14.9. The van der Waals surface area contributed by atoms with Crippen LogP contribution in [-0.2, 0) is 20.9 Å². The van der Waals surface area contributed by atoms with Gasteiger partial charge in [-0.05, 0) is 23.8 Å². The van der Waals surface area contributed by atoms with Crippen LogP contribution in [0.2, 0.25) is 0 Å². The molecule has 0 bridgehead atoms. The molecule has 4 rings (SSSR count). The van der Waals surface area contributed by atoms with Gasteiger partial charge in [0, 0.05) is 28.3 Å². The molecule has 1 amide bonds. The van der Waals surface area contributed by atoms with Gasteiger partial charge in [0.2, 0.25) is 5.91 Å². The van der Waals surface area contributed by atoms with Gasteiger partial charge >= 0.3 is 5.97 Å². The highest BCUT2D eigenvalue weighted by atomic mass is 32.2. The topological polar surface area (TPSA) is 72.6 Å². The molecule has 132 valence electrons. The summed E-state index contributed by atoms with van der Waals surface area (Å²) in [5, 5.41) is 0. The van der Waals surface area contributed by atoms with Crippen LogP contribution in [0.1, 0.15) is 18.4 Å². The van der Waals surface area contributed by atoms with Crippen molar-refractivity contribution in [3.8, 4) is 0 Å². The van der Waals surface area contributed by atoms with Crippen molar-refractivity contribution in [2.45, 2.75) is 30.4 Å². The molecule has 2 aliphatic heterocycles. The largest absolute Gasteiger partial charge is 0.456 e. The third-order valence-electron chi connectivity index (χ3n) is 4.48. The lowest BCUT2D eigenvalue weighted by Crippen LogP contribution is -2.49. The molecule has 2 N–H and O–H groups in total. The molecule has 1 atom stereocenters. The van der Waals surface area contributed by atoms with Crippen molar-refractivity contribution in [2.75, 3.05) is 5.73 Å². The van der Waals surface area contributed by atoms with Crippen LogP contribution >= 0.6 is 11.8 Å². The van der Waals surface area contributed by atoms with Crippen LogP contribution in [0.3, 0.4) is 0 Å². The van der Waals surface area contributed by atoms with Gasteiger partial charge in [-0.1, -0.05) is 48.2 Å². The molecular weight excluding hydrogens is 348 g/mol. The number of β-lactam (4-membered cyclic amide) rings is 1. The lowest BCUT2D eigenvalue weighted by molar-refractivity contribution is -0.150. The van der Waals surface area contributed by atoms with Crippen molar-refractivity contribution in [1.82, 2.24) is 4.90 Å². The summed E-state index contributed by atoms with van der Waals surface area (Å²) in [6.45, 7) is 0.187. The third kappa shape index (κ3) is 3.20. The number of rotatable bonds is 5. The monoisotopic (exact) mass is 366 g/mol. The van der Waals surface area contributed by atoms with Gasteiger partial charge in [0.25, 0.3) is 0 Å². The normalized spacial score (nSPS) is 18.5. The van der Waals surface area contributed by atoms with Crippen molar-refractivity contribution in [2.24, 2.45) is 0 Å². The van der Waals surface area contributed by atoms with Crippen LogP contribution in [0.15, 0.2) is 70.1 Å². The molecule has 26 heavy (non-hydrogen) atoms. The first-order valence-corrected chi connectivity index (χ1v) is 9.23. The molecule has 0 radical (unpaired) electrons. The van der Waals surface area contributed by atoms with Gasteiger partial charge in [0.15, 0.2) is 0 Å². The quantitative estimate of drug-likeness (QED) is 0.499. The molecular formula is C20H18N2O3S. The first-order valence-electron chi connectivity index (χ1n) is 8.41. The Hall–Kier alpha value is -2.73. The lowest BCUT2D eigenvalue weighted by Gasteiger charge is -2.35. The number of hydrogen-bond acceptors (Lipinski definition) is 5. The highest BCUT2D eigenvalue weighted by molar-refractivity contribution is 8.03. The van der Waals surface area contributed by atoms with E-state index < -0.39 is 5.97 Å². The number of hydrogen-bond donors (Lipinski definition) is 1. The van der Waals surface area contributed by atoms with E-state index in [1.54, 1.807) is 4.90 Å². The van der Waals surface area contributed by atoms with Crippen molar-refractivity contribution in [3.63, 3.8) is 0 Å². The van der Waals surface area contributed by atoms with E-state index in [1.807, 2.05) is 54.6 Å². The van der Waals surface area contributed by atoms with Crippen LogP contribution in [0, 0.1) is 0 Å². The fourth-order valence-electron chi connectivity index (χ4n) is 3.21.